The van der Waals surface area contributed by atoms with Crippen LogP contribution in [0.3, 0.4) is 0 Å². The van der Waals surface area contributed by atoms with Gasteiger partial charge in [0.15, 0.2) is 0 Å². The lowest BCUT2D eigenvalue weighted by molar-refractivity contribution is -0.870. The maximum absolute atomic E-state index is 10.9. The highest BCUT2D eigenvalue weighted by Crippen LogP contribution is 1.94. The zero-order valence-electron chi connectivity index (χ0n) is 19.0. The van der Waals surface area contributed by atoms with E-state index in [-0.39, 0.29) is 30.3 Å². The minimum absolute atomic E-state index is 0. The van der Waals surface area contributed by atoms with Crippen LogP contribution in [0.5, 0.6) is 0 Å². The van der Waals surface area contributed by atoms with E-state index in [1.54, 1.807) is 13.8 Å². The summed E-state index contributed by atoms with van der Waals surface area (Å²) in [5, 5.41) is 0. The number of methoxy groups -OCH3 is 1. The number of hydrogen-bond donors (Lipinski definition) is 0. The molecule has 0 aromatic carbocycles. The Kier molecular flexibility index (Phi) is 24.4. The molecule has 0 radical (unpaired) electrons. The molecule has 0 aromatic heterocycles. The highest BCUT2D eigenvalue weighted by atomic mass is 35.5. The van der Waals surface area contributed by atoms with Gasteiger partial charge in [0.1, 0.15) is 13.2 Å². The molecule has 7 nitrogen and oxygen atoms in total. The van der Waals surface area contributed by atoms with E-state index in [0.717, 1.165) is 23.9 Å². The predicted molar refractivity (Wildman–Crippen MR) is 112 cm³/mol. The van der Waals surface area contributed by atoms with Gasteiger partial charge in [0.2, 0.25) is 0 Å². The van der Waals surface area contributed by atoms with Gasteiger partial charge in [-0.2, -0.15) is 0 Å². The summed E-state index contributed by atoms with van der Waals surface area (Å²) in [7, 11) is 7.48. The van der Waals surface area contributed by atoms with Gasteiger partial charge in [0, 0.05) is 17.2 Å². The minimum Gasteiger partial charge on any atom is -1.00 e. The summed E-state index contributed by atoms with van der Waals surface area (Å²) in [6, 6.07) is 0. The van der Waals surface area contributed by atoms with Crippen LogP contribution in [0, 0.1) is 0 Å². The highest BCUT2D eigenvalue weighted by Gasteiger charge is 2.09. The molecule has 0 aliphatic carbocycles. The number of nitrogens with zero attached hydrogens (tertiary/aromatic N) is 1. The van der Waals surface area contributed by atoms with Crippen molar-refractivity contribution in [2.24, 2.45) is 0 Å². The Morgan fingerprint density at radius 1 is 0.931 bits per heavy atom. The Balaban J connectivity index is -0.000000165. The summed E-state index contributed by atoms with van der Waals surface area (Å²) in [5.41, 5.74) is 0.888. The molecular weight excluding hydrogens is 398 g/mol. The molecule has 0 spiro atoms. The molecule has 8 heteroatoms. The molecule has 170 valence electrons. The molecular formula is C21H38ClNO6. The van der Waals surface area contributed by atoms with Gasteiger partial charge in [-0.05, 0) is 20.3 Å². The third-order valence-electron chi connectivity index (χ3n) is 2.79. The number of rotatable bonds is 9. The van der Waals surface area contributed by atoms with Crippen LogP contribution in [0.4, 0.5) is 0 Å². The van der Waals surface area contributed by atoms with Gasteiger partial charge < -0.3 is 31.1 Å². The molecule has 0 N–H and O–H groups in total. The molecule has 0 heterocycles. The van der Waals surface area contributed by atoms with Gasteiger partial charge in [-0.3, -0.25) is 0 Å². The lowest BCUT2D eigenvalue weighted by Crippen LogP contribution is -3.00. The number of esters is 3. The van der Waals surface area contributed by atoms with E-state index in [1.807, 2.05) is 6.92 Å². The molecule has 0 unspecified atom stereocenters. The number of halogens is 1. The highest BCUT2D eigenvalue weighted by molar-refractivity contribution is 5.87. The van der Waals surface area contributed by atoms with Crippen LogP contribution in [0.15, 0.2) is 37.0 Å². The van der Waals surface area contributed by atoms with E-state index in [1.165, 1.54) is 13.2 Å². The number of ether oxygens (including phenoxy) is 3. The monoisotopic (exact) mass is 435 g/mol. The lowest BCUT2D eigenvalue weighted by atomic mass is 10.4. The van der Waals surface area contributed by atoms with Crippen LogP contribution < -0.4 is 12.4 Å². The molecule has 0 amide bonds. The van der Waals surface area contributed by atoms with Crippen LogP contribution >= 0.6 is 0 Å². The largest absolute Gasteiger partial charge is 1.00 e. The first-order valence-corrected chi connectivity index (χ1v) is 8.98. The van der Waals surface area contributed by atoms with Crippen molar-refractivity contribution in [1.29, 1.82) is 0 Å². The lowest BCUT2D eigenvalue weighted by Gasteiger charge is -2.23. The number of hydrogen-bond acceptors (Lipinski definition) is 6. The van der Waals surface area contributed by atoms with Gasteiger partial charge in [0.05, 0.1) is 34.9 Å². The first-order chi connectivity index (χ1) is 12.8. The molecule has 0 aromatic rings. The fourth-order valence-electron chi connectivity index (χ4n) is 1.09. The summed E-state index contributed by atoms with van der Waals surface area (Å²) < 4.78 is 14.7. The maximum atomic E-state index is 10.9. The van der Waals surface area contributed by atoms with Crippen molar-refractivity contribution in [3.8, 4) is 0 Å². The fraction of sp³-hybridized carbons (Fsp3) is 0.571. The second-order valence-electron chi connectivity index (χ2n) is 6.93. The summed E-state index contributed by atoms with van der Waals surface area (Å²) >= 11 is 0. The van der Waals surface area contributed by atoms with Crippen molar-refractivity contribution in [3.63, 3.8) is 0 Å². The smallest absolute Gasteiger partial charge is 0.333 e. The Morgan fingerprint density at radius 2 is 1.41 bits per heavy atom. The standard InChI is InChI=1S/C9H18NO2.C7H12O2.C5H8O2.ClH/c1-8(2)9(11)12-7-6-10(3,4)5;1-3-5-6-9-7(8)4-2;1-4(2)5(6)7-3;/h1,6-7H2,2-5H3;4H,2-3,5-6H2,1H3;1H2,2-3H3;1H/q+1;;;/p-1. The second-order valence-corrected chi connectivity index (χ2v) is 6.93. The van der Waals surface area contributed by atoms with Crippen molar-refractivity contribution in [2.45, 2.75) is 33.6 Å². The quantitative estimate of drug-likeness (QED) is 0.168. The SMILES string of the molecule is C=C(C)C(=O)OC.C=C(C)C(=O)OCC[N+](C)(C)C.C=CC(=O)OCCCC.[Cl-]. The molecule has 0 rings (SSSR count). The van der Waals surface area contributed by atoms with Gasteiger partial charge in [-0.1, -0.05) is 33.1 Å². The third-order valence-corrected chi connectivity index (χ3v) is 2.79. The van der Waals surface area contributed by atoms with E-state index in [0.29, 0.717) is 24.4 Å². The first-order valence-electron chi connectivity index (χ1n) is 8.98. The Hall–Kier alpha value is -2.12. The number of likely N-dealkylation sites (N-methyl/N-ethyl adjacent to an activating group) is 1. The van der Waals surface area contributed by atoms with Crippen molar-refractivity contribution in [3.05, 3.63) is 37.0 Å². The van der Waals surface area contributed by atoms with Crippen LogP contribution in [-0.2, 0) is 28.6 Å². The van der Waals surface area contributed by atoms with Crippen LogP contribution in [0.1, 0.15) is 33.6 Å². The molecule has 0 saturated carbocycles. The van der Waals surface area contributed by atoms with Gasteiger partial charge in [-0.15, -0.1) is 0 Å². The summed E-state index contributed by atoms with van der Waals surface area (Å²) in [6.45, 7) is 17.2. The zero-order valence-corrected chi connectivity index (χ0v) is 19.8. The van der Waals surface area contributed by atoms with Gasteiger partial charge >= 0.3 is 17.9 Å². The number of carbonyl (C=O) groups excluding carboxylic acids is 3. The molecule has 0 bridgehead atoms. The third kappa shape index (κ3) is 30.8. The minimum atomic E-state index is -0.347. The van der Waals surface area contributed by atoms with E-state index in [2.05, 4.69) is 50.4 Å². The average Bonchev–Trinajstić information content (AvgIpc) is 2.60. The number of carbonyl (C=O) groups is 3. The Labute approximate surface area is 182 Å². The normalized spacial score (nSPS) is 9.07. The van der Waals surface area contributed by atoms with Crippen molar-refractivity contribution < 1.29 is 45.5 Å². The average molecular weight is 436 g/mol. The molecule has 0 atom stereocenters. The summed E-state index contributed by atoms with van der Waals surface area (Å²) in [5.74, 6) is -0.980. The van der Waals surface area contributed by atoms with E-state index in [4.69, 9.17) is 4.74 Å². The molecule has 0 aliphatic rings. The topological polar surface area (TPSA) is 78.9 Å². The summed E-state index contributed by atoms with van der Waals surface area (Å²) in [6.07, 6.45) is 3.15. The second kappa shape index (κ2) is 20.6. The number of quaternary nitrogens is 1. The van der Waals surface area contributed by atoms with Crippen molar-refractivity contribution in [1.82, 2.24) is 0 Å². The van der Waals surface area contributed by atoms with Gasteiger partial charge in [-0.25, -0.2) is 14.4 Å². The van der Waals surface area contributed by atoms with E-state index >= 15 is 0 Å². The van der Waals surface area contributed by atoms with Crippen molar-refractivity contribution in [2.75, 3.05) is 48.0 Å². The fourth-order valence-corrected chi connectivity index (χ4v) is 1.09. The van der Waals surface area contributed by atoms with Crippen LogP contribution in [-0.4, -0.2) is 70.4 Å². The molecule has 29 heavy (non-hydrogen) atoms. The Morgan fingerprint density at radius 3 is 1.69 bits per heavy atom. The van der Waals surface area contributed by atoms with E-state index in [9.17, 15) is 14.4 Å². The van der Waals surface area contributed by atoms with Crippen LogP contribution in [0.25, 0.3) is 0 Å². The predicted octanol–water partition coefficient (Wildman–Crippen LogP) is 0.0671. The van der Waals surface area contributed by atoms with Crippen LogP contribution in [0.2, 0.25) is 0 Å². The maximum Gasteiger partial charge on any atom is 0.333 e. The number of unbranched alkanes of at least 4 members (excludes halogenated alkanes) is 1. The molecule has 0 fully saturated rings. The summed E-state index contributed by atoms with van der Waals surface area (Å²) in [4.78, 5) is 31.4. The van der Waals surface area contributed by atoms with Gasteiger partial charge in [0.25, 0.3) is 0 Å². The molecule has 0 aliphatic heterocycles. The van der Waals surface area contributed by atoms with E-state index < -0.39 is 0 Å². The van der Waals surface area contributed by atoms with Crippen molar-refractivity contribution >= 4 is 17.9 Å². The zero-order chi connectivity index (χ0) is 22.8. The Bertz CT molecular complexity index is 524. The first kappa shape index (κ1) is 34.4. The molecule has 0 saturated heterocycles.